The van der Waals surface area contributed by atoms with E-state index in [1.807, 2.05) is 23.1 Å². The molecule has 2 fully saturated rings. The molecule has 0 unspecified atom stereocenters. The van der Waals surface area contributed by atoms with Crippen LogP contribution in [0.2, 0.25) is 0 Å². The minimum absolute atomic E-state index is 0.0450. The smallest absolute Gasteiger partial charge is 0.274 e. The van der Waals surface area contributed by atoms with Crippen molar-refractivity contribution in [3.63, 3.8) is 0 Å². The largest absolute Gasteiger partial charge is 0.497 e. The molecule has 0 bridgehead atoms. The minimum atomic E-state index is -3.17. The molecule has 2 aliphatic rings. The maximum atomic E-state index is 12.8. The van der Waals surface area contributed by atoms with Gasteiger partial charge in [-0.2, -0.15) is 0 Å². The van der Waals surface area contributed by atoms with Gasteiger partial charge in [-0.1, -0.05) is 11.3 Å². The summed E-state index contributed by atoms with van der Waals surface area (Å²) in [5.74, 6) is 0.835. The summed E-state index contributed by atoms with van der Waals surface area (Å²) in [4.78, 5) is 19.3. The standard InChI is InChI=1S/C20H27N3O5S2/c1-27-16-3-4-18-17(13-16)21-20(29-18)28-15-7-9-22(10-8-15)19(24)14-5-11-23(12-6-14)30(2,25)26/h3-4,13-15H,5-12H2,1-2H3. The third-order valence-electron chi connectivity index (χ3n) is 5.87. The van der Waals surface area contributed by atoms with E-state index in [-0.39, 0.29) is 17.9 Å². The number of fused-ring (bicyclic) bond motifs is 1. The first-order valence-electron chi connectivity index (χ1n) is 10.2. The van der Waals surface area contributed by atoms with Crippen molar-refractivity contribution >= 4 is 37.5 Å². The summed E-state index contributed by atoms with van der Waals surface area (Å²) in [5, 5.41) is 0.649. The van der Waals surface area contributed by atoms with Crippen LogP contribution in [0, 0.1) is 5.92 Å². The molecule has 0 spiro atoms. The van der Waals surface area contributed by atoms with Crippen LogP contribution in [-0.4, -0.2) is 74.2 Å². The van der Waals surface area contributed by atoms with E-state index in [2.05, 4.69) is 4.98 Å². The van der Waals surface area contributed by atoms with Gasteiger partial charge in [-0.05, 0) is 25.0 Å². The molecule has 164 valence electrons. The van der Waals surface area contributed by atoms with E-state index in [0.29, 0.717) is 44.2 Å². The number of amides is 1. The molecule has 1 amide bonds. The van der Waals surface area contributed by atoms with E-state index in [1.54, 1.807) is 7.11 Å². The maximum Gasteiger partial charge on any atom is 0.274 e. The van der Waals surface area contributed by atoms with Crippen LogP contribution >= 0.6 is 11.3 Å². The second kappa shape index (κ2) is 8.68. The van der Waals surface area contributed by atoms with Gasteiger partial charge in [0.15, 0.2) is 0 Å². The molecule has 0 aliphatic carbocycles. The molecule has 8 nitrogen and oxygen atoms in total. The van der Waals surface area contributed by atoms with Crippen LogP contribution in [0.25, 0.3) is 10.2 Å². The molecule has 30 heavy (non-hydrogen) atoms. The molecule has 0 N–H and O–H groups in total. The number of thiazole rings is 1. The van der Waals surface area contributed by atoms with Gasteiger partial charge in [-0.3, -0.25) is 4.79 Å². The summed E-state index contributed by atoms with van der Waals surface area (Å²) in [6, 6.07) is 5.79. The Balaban J connectivity index is 1.28. The number of nitrogens with zero attached hydrogens (tertiary/aromatic N) is 3. The van der Waals surface area contributed by atoms with Crippen LogP contribution in [0.15, 0.2) is 18.2 Å². The Hall–Kier alpha value is -1.91. The predicted molar refractivity (Wildman–Crippen MR) is 116 cm³/mol. The summed E-state index contributed by atoms with van der Waals surface area (Å²) < 4.78 is 37.1. The average Bonchev–Trinajstić information content (AvgIpc) is 3.14. The molecule has 0 atom stereocenters. The summed E-state index contributed by atoms with van der Waals surface area (Å²) in [5.41, 5.74) is 0.863. The van der Waals surface area contributed by atoms with Gasteiger partial charge >= 0.3 is 0 Å². The average molecular weight is 454 g/mol. The fraction of sp³-hybridized carbons (Fsp3) is 0.600. The SMILES string of the molecule is COc1ccc2sc(OC3CCN(C(=O)C4CCN(S(C)(=O)=O)CC4)CC3)nc2c1. The Kier molecular flexibility index (Phi) is 6.17. The Bertz CT molecular complexity index is 1010. The van der Waals surface area contributed by atoms with Gasteiger partial charge in [0.2, 0.25) is 15.9 Å². The number of hydrogen-bond acceptors (Lipinski definition) is 7. The molecule has 0 radical (unpaired) electrons. The summed E-state index contributed by atoms with van der Waals surface area (Å²) >= 11 is 1.52. The molecule has 0 saturated carbocycles. The van der Waals surface area contributed by atoms with Crippen LogP contribution in [0.5, 0.6) is 10.9 Å². The second-order valence-corrected chi connectivity index (χ2v) is 10.9. The quantitative estimate of drug-likeness (QED) is 0.690. The Morgan fingerprint density at radius 3 is 2.47 bits per heavy atom. The van der Waals surface area contributed by atoms with Crippen molar-refractivity contribution in [2.45, 2.75) is 31.8 Å². The highest BCUT2D eigenvalue weighted by Crippen LogP contribution is 2.32. The number of likely N-dealkylation sites (tertiary alicyclic amines) is 1. The fourth-order valence-corrected chi connectivity index (χ4v) is 5.83. The number of methoxy groups -OCH3 is 1. The van der Waals surface area contributed by atoms with Gasteiger partial charge in [-0.15, -0.1) is 0 Å². The minimum Gasteiger partial charge on any atom is -0.497 e. The second-order valence-electron chi connectivity index (χ2n) is 7.89. The van der Waals surface area contributed by atoms with Crippen LogP contribution in [0.1, 0.15) is 25.7 Å². The third kappa shape index (κ3) is 4.70. The fourth-order valence-electron chi connectivity index (χ4n) is 4.09. The van der Waals surface area contributed by atoms with E-state index in [1.165, 1.54) is 21.9 Å². The number of rotatable bonds is 5. The van der Waals surface area contributed by atoms with Crippen LogP contribution < -0.4 is 9.47 Å². The number of piperidine rings is 2. The van der Waals surface area contributed by atoms with Crippen LogP contribution in [0.3, 0.4) is 0 Å². The van der Waals surface area contributed by atoms with Crippen molar-refractivity contribution < 1.29 is 22.7 Å². The zero-order valence-electron chi connectivity index (χ0n) is 17.2. The number of benzene rings is 1. The van der Waals surface area contributed by atoms with E-state index >= 15 is 0 Å². The molecular weight excluding hydrogens is 426 g/mol. The maximum absolute atomic E-state index is 12.8. The van der Waals surface area contributed by atoms with Crippen molar-refractivity contribution in [1.82, 2.24) is 14.2 Å². The molecule has 10 heteroatoms. The predicted octanol–water partition coefficient (Wildman–Crippen LogP) is 2.35. The molecule has 1 aromatic carbocycles. The number of sulfonamides is 1. The third-order valence-corrected chi connectivity index (χ3v) is 8.10. The molecule has 1 aromatic heterocycles. The van der Waals surface area contributed by atoms with E-state index in [0.717, 1.165) is 28.8 Å². The van der Waals surface area contributed by atoms with Gasteiger partial charge in [0.25, 0.3) is 5.19 Å². The van der Waals surface area contributed by atoms with Gasteiger partial charge in [0.05, 0.1) is 23.6 Å². The lowest BCUT2D eigenvalue weighted by molar-refractivity contribution is -0.138. The normalized spacial score (nSPS) is 19.9. The lowest BCUT2D eigenvalue weighted by atomic mass is 9.95. The lowest BCUT2D eigenvalue weighted by Crippen LogP contribution is -2.47. The lowest BCUT2D eigenvalue weighted by Gasteiger charge is -2.36. The van der Waals surface area contributed by atoms with Crippen LogP contribution in [-0.2, 0) is 14.8 Å². The first kappa shape index (κ1) is 21.3. The summed E-state index contributed by atoms with van der Waals surface area (Å²) in [6.07, 6.45) is 4.00. The number of hydrogen-bond donors (Lipinski definition) is 0. The highest BCUT2D eigenvalue weighted by molar-refractivity contribution is 7.88. The Morgan fingerprint density at radius 2 is 1.83 bits per heavy atom. The van der Waals surface area contributed by atoms with Crippen molar-refractivity contribution in [2.24, 2.45) is 5.92 Å². The molecule has 3 heterocycles. The zero-order chi connectivity index (χ0) is 21.3. The first-order chi connectivity index (χ1) is 14.3. The number of carbonyl (C=O) groups is 1. The van der Waals surface area contributed by atoms with Gasteiger partial charge in [-0.25, -0.2) is 17.7 Å². The van der Waals surface area contributed by atoms with E-state index < -0.39 is 10.0 Å². The highest BCUT2D eigenvalue weighted by atomic mass is 32.2. The van der Waals surface area contributed by atoms with Crippen molar-refractivity contribution in [1.29, 1.82) is 0 Å². The van der Waals surface area contributed by atoms with Gasteiger partial charge in [0.1, 0.15) is 11.9 Å². The number of carbonyl (C=O) groups excluding carboxylic acids is 1. The molecule has 2 saturated heterocycles. The Morgan fingerprint density at radius 1 is 1.13 bits per heavy atom. The monoisotopic (exact) mass is 453 g/mol. The zero-order valence-corrected chi connectivity index (χ0v) is 18.9. The van der Waals surface area contributed by atoms with Crippen molar-refractivity contribution in [2.75, 3.05) is 39.5 Å². The van der Waals surface area contributed by atoms with Crippen molar-refractivity contribution in [3.05, 3.63) is 18.2 Å². The molecule has 2 aliphatic heterocycles. The number of aromatic nitrogens is 1. The molecule has 2 aromatic rings. The summed E-state index contributed by atoms with van der Waals surface area (Å²) in [7, 11) is -1.54. The van der Waals surface area contributed by atoms with Crippen molar-refractivity contribution in [3.8, 4) is 10.9 Å². The number of ether oxygens (including phenoxy) is 2. The highest BCUT2D eigenvalue weighted by Gasteiger charge is 2.33. The first-order valence-corrected chi connectivity index (χ1v) is 12.8. The topological polar surface area (TPSA) is 89.0 Å². The van der Waals surface area contributed by atoms with Gasteiger partial charge in [0, 0.05) is 51.0 Å². The summed E-state index contributed by atoms with van der Waals surface area (Å²) in [6.45, 7) is 2.18. The van der Waals surface area contributed by atoms with Gasteiger partial charge < -0.3 is 14.4 Å². The molecule has 4 rings (SSSR count). The van der Waals surface area contributed by atoms with Crippen LogP contribution in [0.4, 0.5) is 0 Å². The van der Waals surface area contributed by atoms with E-state index in [4.69, 9.17) is 9.47 Å². The van der Waals surface area contributed by atoms with E-state index in [9.17, 15) is 13.2 Å². The Labute approximate surface area is 180 Å². The molecular formula is C20H27N3O5S2.